The zero-order chi connectivity index (χ0) is 34.9. The SMILES string of the molecule is NC(N)=NCCCC1NC(=O)C2CCCN2C(=O)C(Cc2ccc(O)cc2)NC(=O)CNC(=O)C(Cc2ccc3ccccc3c2)NC1=O. The van der Waals surface area contributed by atoms with E-state index in [2.05, 4.69) is 26.3 Å². The number of nitrogens with one attached hydrogen (secondary N) is 4. The molecule has 258 valence electrons. The first kappa shape index (κ1) is 34.7. The minimum absolute atomic E-state index is 0.0504. The molecule has 3 aromatic rings. The number of amides is 5. The Morgan fingerprint density at radius 2 is 1.49 bits per heavy atom. The number of hydrogen-bond acceptors (Lipinski definition) is 7. The smallest absolute Gasteiger partial charge is 0.246 e. The fraction of sp³-hybridized carbons (Fsp3) is 0.371. The number of guanidine groups is 1. The molecule has 2 fully saturated rings. The summed E-state index contributed by atoms with van der Waals surface area (Å²) in [5, 5.41) is 22.7. The lowest BCUT2D eigenvalue weighted by Gasteiger charge is -2.30. The van der Waals surface area contributed by atoms with Gasteiger partial charge >= 0.3 is 0 Å². The summed E-state index contributed by atoms with van der Waals surface area (Å²) in [5.74, 6) is -2.87. The van der Waals surface area contributed by atoms with Gasteiger partial charge in [0.05, 0.1) is 6.54 Å². The first-order chi connectivity index (χ1) is 23.6. The number of hydrogen-bond donors (Lipinski definition) is 7. The molecule has 5 rings (SSSR count). The quantitative estimate of drug-likeness (QED) is 0.0977. The highest BCUT2D eigenvalue weighted by atomic mass is 16.3. The average molecular weight is 671 g/mol. The second-order valence-corrected chi connectivity index (χ2v) is 12.4. The maximum Gasteiger partial charge on any atom is 0.246 e. The zero-order valence-corrected chi connectivity index (χ0v) is 27.1. The van der Waals surface area contributed by atoms with Gasteiger partial charge in [-0.1, -0.05) is 54.6 Å². The minimum atomic E-state index is -1.10. The van der Waals surface area contributed by atoms with Crippen molar-refractivity contribution in [3.05, 3.63) is 77.9 Å². The van der Waals surface area contributed by atoms with Crippen LogP contribution in [0.15, 0.2) is 71.7 Å². The number of nitrogens with zero attached hydrogens (tertiary/aromatic N) is 2. The molecule has 0 radical (unpaired) electrons. The van der Waals surface area contributed by atoms with Crippen molar-refractivity contribution in [2.45, 2.75) is 62.7 Å². The molecule has 4 unspecified atom stereocenters. The van der Waals surface area contributed by atoms with E-state index in [0.717, 1.165) is 16.3 Å². The number of benzene rings is 3. The standard InChI is InChI=1S/C35H42N8O6/c36-35(37)38-15-3-7-26-32(47)42-27(19-22-9-12-23-5-1-2-6-24(23)17-22)31(46)39-20-30(45)40-28(18-21-10-13-25(44)14-11-21)34(49)43-16-4-8-29(43)33(48)41-26/h1-2,5-6,9-14,17,26-29,44H,3-4,7-8,15-16,18-20H2,(H,39,46)(H,40,45)(H,41,48)(H,42,47)(H4,36,37,38). The van der Waals surface area contributed by atoms with Gasteiger partial charge in [0.15, 0.2) is 5.96 Å². The van der Waals surface area contributed by atoms with Crippen LogP contribution in [0.25, 0.3) is 10.8 Å². The third-order valence-corrected chi connectivity index (χ3v) is 8.74. The summed E-state index contributed by atoms with van der Waals surface area (Å²) in [4.78, 5) is 73.7. The van der Waals surface area contributed by atoms with Crippen molar-refractivity contribution in [2.75, 3.05) is 19.6 Å². The number of aromatic hydroxyl groups is 1. The van der Waals surface area contributed by atoms with Gasteiger partial charge in [-0.2, -0.15) is 0 Å². The molecule has 5 amide bonds. The lowest BCUT2D eigenvalue weighted by Crippen LogP contribution is -2.57. The van der Waals surface area contributed by atoms with Crippen molar-refractivity contribution < 1.29 is 29.1 Å². The second kappa shape index (κ2) is 16.0. The van der Waals surface area contributed by atoms with Gasteiger partial charge in [-0.05, 0) is 59.7 Å². The molecule has 0 saturated carbocycles. The Kier molecular flexibility index (Phi) is 11.3. The zero-order valence-electron chi connectivity index (χ0n) is 27.1. The van der Waals surface area contributed by atoms with Crippen LogP contribution in [-0.4, -0.2) is 89.3 Å². The van der Waals surface area contributed by atoms with Gasteiger partial charge in [0, 0.05) is 25.9 Å². The Bertz CT molecular complexity index is 1720. The van der Waals surface area contributed by atoms with Crippen LogP contribution in [0.3, 0.4) is 0 Å². The molecule has 0 aromatic heterocycles. The van der Waals surface area contributed by atoms with Crippen molar-refractivity contribution >= 4 is 46.3 Å². The fourth-order valence-electron chi connectivity index (χ4n) is 6.23. The van der Waals surface area contributed by atoms with E-state index in [1.54, 1.807) is 12.1 Å². The normalized spacial score (nSPS) is 22.2. The molecule has 49 heavy (non-hydrogen) atoms. The van der Waals surface area contributed by atoms with E-state index in [-0.39, 0.29) is 44.1 Å². The van der Waals surface area contributed by atoms with Crippen LogP contribution in [0.1, 0.15) is 36.8 Å². The number of rotatable bonds is 8. The molecule has 14 nitrogen and oxygen atoms in total. The van der Waals surface area contributed by atoms with Gasteiger partial charge in [-0.15, -0.1) is 0 Å². The lowest BCUT2D eigenvalue weighted by atomic mass is 10.0. The van der Waals surface area contributed by atoms with Gasteiger partial charge in [0.2, 0.25) is 29.5 Å². The highest BCUT2D eigenvalue weighted by molar-refractivity contribution is 5.97. The maximum absolute atomic E-state index is 13.9. The van der Waals surface area contributed by atoms with E-state index in [4.69, 9.17) is 11.5 Å². The first-order valence-electron chi connectivity index (χ1n) is 16.4. The van der Waals surface area contributed by atoms with Crippen molar-refractivity contribution in [1.82, 2.24) is 26.2 Å². The summed E-state index contributed by atoms with van der Waals surface area (Å²) in [6, 6.07) is 15.6. The largest absolute Gasteiger partial charge is 0.508 e. The summed E-state index contributed by atoms with van der Waals surface area (Å²) >= 11 is 0. The van der Waals surface area contributed by atoms with Gasteiger partial charge < -0.3 is 42.7 Å². The number of carbonyl (C=O) groups is 5. The van der Waals surface area contributed by atoms with E-state index in [9.17, 15) is 29.1 Å². The van der Waals surface area contributed by atoms with Crippen LogP contribution >= 0.6 is 0 Å². The summed E-state index contributed by atoms with van der Waals surface area (Å²) in [7, 11) is 0. The van der Waals surface area contributed by atoms with Gasteiger partial charge in [-0.25, -0.2) is 0 Å². The van der Waals surface area contributed by atoms with Crippen LogP contribution < -0.4 is 32.7 Å². The molecule has 0 bridgehead atoms. The van der Waals surface area contributed by atoms with E-state index < -0.39 is 60.2 Å². The second-order valence-electron chi connectivity index (χ2n) is 12.4. The molecule has 2 aliphatic rings. The van der Waals surface area contributed by atoms with E-state index >= 15 is 0 Å². The molecule has 4 atom stereocenters. The topological polar surface area (TPSA) is 221 Å². The van der Waals surface area contributed by atoms with Crippen molar-refractivity contribution in [2.24, 2.45) is 16.5 Å². The number of nitrogens with two attached hydrogens (primary N) is 2. The van der Waals surface area contributed by atoms with Crippen LogP contribution in [0.2, 0.25) is 0 Å². The third kappa shape index (κ3) is 9.24. The molecule has 3 aromatic carbocycles. The summed E-state index contributed by atoms with van der Waals surface area (Å²) in [6.45, 7) is 0.0410. The molecular weight excluding hydrogens is 628 g/mol. The lowest BCUT2D eigenvalue weighted by molar-refractivity contribution is -0.142. The molecule has 0 aliphatic carbocycles. The Morgan fingerprint density at radius 1 is 0.796 bits per heavy atom. The van der Waals surface area contributed by atoms with E-state index in [0.29, 0.717) is 24.8 Å². The highest BCUT2D eigenvalue weighted by Crippen LogP contribution is 2.22. The van der Waals surface area contributed by atoms with Gasteiger partial charge in [0.1, 0.15) is 29.9 Å². The maximum atomic E-state index is 13.9. The molecule has 2 heterocycles. The molecule has 14 heteroatoms. The highest BCUT2D eigenvalue weighted by Gasteiger charge is 2.39. The molecule has 9 N–H and O–H groups in total. The summed E-state index contributed by atoms with van der Waals surface area (Å²) < 4.78 is 0. The Balaban J connectivity index is 1.45. The molecular formula is C35H42N8O6. The summed E-state index contributed by atoms with van der Waals surface area (Å²) in [5.41, 5.74) is 12.4. The predicted molar refractivity (Wildman–Crippen MR) is 183 cm³/mol. The van der Waals surface area contributed by atoms with E-state index in [1.165, 1.54) is 17.0 Å². The number of aliphatic imine (C=N–C) groups is 1. The summed E-state index contributed by atoms with van der Waals surface area (Å²) in [6.07, 6.45) is 1.61. The van der Waals surface area contributed by atoms with Gasteiger partial charge in [-0.3, -0.25) is 29.0 Å². The molecule has 2 saturated heterocycles. The predicted octanol–water partition coefficient (Wildman–Crippen LogP) is -0.0406. The number of carbonyl (C=O) groups excluding carboxylic acids is 5. The Morgan fingerprint density at radius 3 is 2.24 bits per heavy atom. The monoisotopic (exact) mass is 670 g/mol. The van der Waals surface area contributed by atoms with Crippen LogP contribution in [-0.2, 0) is 36.8 Å². The van der Waals surface area contributed by atoms with Crippen molar-refractivity contribution in [1.29, 1.82) is 0 Å². The number of phenolic OH excluding ortho intramolecular Hbond substituents is 1. The first-order valence-corrected chi connectivity index (χ1v) is 16.4. The number of phenols is 1. The van der Waals surface area contributed by atoms with Crippen LogP contribution in [0.4, 0.5) is 0 Å². The van der Waals surface area contributed by atoms with Crippen molar-refractivity contribution in [3.63, 3.8) is 0 Å². The Labute approximate surface area is 283 Å². The van der Waals surface area contributed by atoms with E-state index in [1.807, 2.05) is 42.5 Å². The van der Waals surface area contributed by atoms with Crippen LogP contribution in [0, 0.1) is 0 Å². The van der Waals surface area contributed by atoms with Gasteiger partial charge in [0.25, 0.3) is 0 Å². The number of fused-ring (bicyclic) bond motifs is 2. The fourth-order valence-corrected chi connectivity index (χ4v) is 6.23. The minimum Gasteiger partial charge on any atom is -0.508 e. The molecule has 2 aliphatic heterocycles. The van der Waals surface area contributed by atoms with Crippen LogP contribution in [0.5, 0.6) is 5.75 Å². The molecule has 0 spiro atoms. The third-order valence-electron chi connectivity index (χ3n) is 8.74. The van der Waals surface area contributed by atoms with Crippen molar-refractivity contribution in [3.8, 4) is 5.75 Å². The average Bonchev–Trinajstić information content (AvgIpc) is 3.58. The Hall–Kier alpha value is -5.66.